The van der Waals surface area contributed by atoms with Gasteiger partial charge in [0.05, 0.1) is 21.9 Å². The molecule has 1 fully saturated rings. The highest BCUT2D eigenvalue weighted by Gasteiger charge is 2.41. The van der Waals surface area contributed by atoms with Gasteiger partial charge in [0.15, 0.2) is 11.6 Å². The zero-order chi connectivity index (χ0) is 24.9. The van der Waals surface area contributed by atoms with Crippen LogP contribution >= 0.6 is 11.3 Å². The highest BCUT2D eigenvalue weighted by molar-refractivity contribution is 7.22. The summed E-state index contributed by atoms with van der Waals surface area (Å²) in [7, 11) is 3.43. The van der Waals surface area contributed by atoms with Crippen molar-refractivity contribution in [2.75, 3.05) is 25.1 Å². The number of nitrogens with zero attached hydrogens (tertiary/aromatic N) is 7. The van der Waals surface area contributed by atoms with E-state index in [9.17, 15) is 13.2 Å². The fourth-order valence-corrected chi connectivity index (χ4v) is 5.57. The number of hydrogen-bond donors (Lipinski definition) is 0. The number of ether oxygens (including phenoxy) is 1. The SMILES string of the molecule is CO[C@@H]1CCCN(c2nc(-c3nccn3C)nc3sc(-c4ccn(C(C)C)n4)c(C(F)(F)F)c23)C1. The molecule has 5 heterocycles. The van der Waals surface area contributed by atoms with Crippen molar-refractivity contribution in [3.8, 4) is 22.2 Å². The number of hydrogen-bond acceptors (Lipinski definition) is 7. The third-order valence-corrected chi connectivity index (χ3v) is 7.32. The zero-order valence-electron chi connectivity index (χ0n) is 19.9. The van der Waals surface area contributed by atoms with Crippen LogP contribution in [0.2, 0.25) is 0 Å². The molecular weight excluding hydrogens is 479 g/mol. The zero-order valence-corrected chi connectivity index (χ0v) is 20.7. The normalized spacial score (nSPS) is 17.1. The number of thiophene rings is 1. The van der Waals surface area contributed by atoms with E-state index in [-0.39, 0.29) is 44.6 Å². The van der Waals surface area contributed by atoms with Crippen LogP contribution in [-0.4, -0.2) is 55.6 Å². The van der Waals surface area contributed by atoms with Gasteiger partial charge in [0.25, 0.3) is 0 Å². The smallest absolute Gasteiger partial charge is 0.380 e. The number of aromatic nitrogens is 6. The molecular formula is C23H26F3N7OS. The van der Waals surface area contributed by atoms with Crippen molar-refractivity contribution in [2.45, 2.75) is 45.0 Å². The van der Waals surface area contributed by atoms with Crippen LogP contribution in [0.5, 0.6) is 0 Å². The summed E-state index contributed by atoms with van der Waals surface area (Å²) >= 11 is 0.989. The van der Waals surface area contributed by atoms with Gasteiger partial charge < -0.3 is 14.2 Å². The average Bonchev–Trinajstić information content (AvgIpc) is 3.55. The monoisotopic (exact) mass is 505 g/mol. The number of piperidine rings is 1. The molecule has 1 atom stereocenters. The number of rotatable bonds is 5. The molecule has 35 heavy (non-hydrogen) atoms. The van der Waals surface area contributed by atoms with Gasteiger partial charge >= 0.3 is 6.18 Å². The quantitative estimate of drug-likeness (QED) is 0.373. The van der Waals surface area contributed by atoms with Crippen LogP contribution in [0.15, 0.2) is 24.7 Å². The van der Waals surface area contributed by atoms with Gasteiger partial charge in [-0.2, -0.15) is 18.3 Å². The summed E-state index contributed by atoms with van der Waals surface area (Å²) in [5.74, 6) is 1.03. The van der Waals surface area contributed by atoms with Crippen LogP contribution < -0.4 is 4.90 Å². The Kier molecular flexibility index (Phi) is 6.04. The van der Waals surface area contributed by atoms with Gasteiger partial charge in [0.2, 0.25) is 0 Å². The number of alkyl halides is 3. The van der Waals surface area contributed by atoms with E-state index in [0.717, 1.165) is 24.2 Å². The number of methoxy groups -OCH3 is 1. The van der Waals surface area contributed by atoms with E-state index in [1.165, 1.54) is 0 Å². The first-order chi connectivity index (χ1) is 16.7. The third-order valence-electron chi connectivity index (χ3n) is 6.22. The molecule has 4 aromatic rings. The van der Waals surface area contributed by atoms with Gasteiger partial charge in [-0.15, -0.1) is 11.3 Å². The van der Waals surface area contributed by atoms with Crippen LogP contribution in [0, 0.1) is 0 Å². The van der Waals surface area contributed by atoms with Crippen molar-refractivity contribution < 1.29 is 17.9 Å². The molecule has 0 aliphatic carbocycles. The summed E-state index contributed by atoms with van der Waals surface area (Å²) < 4.78 is 52.9. The van der Waals surface area contributed by atoms with Gasteiger partial charge in [0.1, 0.15) is 16.3 Å². The van der Waals surface area contributed by atoms with Crippen molar-refractivity contribution in [3.63, 3.8) is 0 Å². The summed E-state index contributed by atoms with van der Waals surface area (Å²) in [6.07, 6.45) is 2.01. The maximum absolute atomic E-state index is 14.6. The summed E-state index contributed by atoms with van der Waals surface area (Å²) in [5, 5.41) is 4.44. The number of imidazole rings is 1. The Bertz CT molecular complexity index is 1360. The molecule has 0 bridgehead atoms. The molecule has 1 aliphatic rings. The second-order valence-corrected chi connectivity index (χ2v) is 9.94. The standard InChI is InChI=1S/C23H26F3N7OS/c1-13(2)33-10-7-15(30-33)18-17(23(24,25)26)16-20(32-9-5-6-14(12-32)34-4)28-19(29-22(16)35-18)21-27-8-11-31(21)3/h7-8,10-11,13-14H,5-6,9,12H2,1-4H3/t14-/m1/s1. The Balaban J connectivity index is 1.79. The summed E-state index contributed by atoms with van der Waals surface area (Å²) in [6, 6.07) is 1.64. The minimum Gasteiger partial charge on any atom is -0.380 e. The van der Waals surface area contributed by atoms with E-state index in [4.69, 9.17) is 4.74 Å². The molecule has 0 N–H and O–H groups in total. The first kappa shape index (κ1) is 23.7. The van der Waals surface area contributed by atoms with E-state index in [1.807, 2.05) is 18.7 Å². The first-order valence-corrected chi connectivity index (χ1v) is 12.2. The van der Waals surface area contributed by atoms with Gasteiger partial charge in [-0.1, -0.05) is 0 Å². The molecule has 0 unspecified atom stereocenters. The van der Waals surface area contributed by atoms with Crippen LogP contribution in [0.4, 0.5) is 19.0 Å². The number of halogens is 3. The molecule has 186 valence electrons. The predicted octanol–water partition coefficient (Wildman–Crippen LogP) is 5.17. The number of fused-ring (bicyclic) bond motifs is 1. The molecule has 0 spiro atoms. The summed E-state index contributed by atoms with van der Waals surface area (Å²) in [6.45, 7) is 4.89. The molecule has 0 radical (unpaired) electrons. The molecule has 8 nitrogen and oxygen atoms in total. The largest absolute Gasteiger partial charge is 0.418 e. The topological polar surface area (TPSA) is 73.9 Å². The highest BCUT2D eigenvalue weighted by atomic mass is 32.1. The minimum atomic E-state index is -4.62. The molecule has 0 aromatic carbocycles. The van der Waals surface area contributed by atoms with E-state index in [1.54, 1.807) is 48.1 Å². The fourth-order valence-electron chi connectivity index (χ4n) is 4.41. The lowest BCUT2D eigenvalue weighted by Gasteiger charge is -2.33. The minimum absolute atomic E-state index is 0.00584. The highest BCUT2D eigenvalue weighted by Crippen LogP contribution is 2.49. The molecule has 1 saturated heterocycles. The maximum Gasteiger partial charge on any atom is 0.418 e. The lowest BCUT2D eigenvalue weighted by Crippen LogP contribution is -2.40. The molecule has 5 rings (SSSR count). The van der Waals surface area contributed by atoms with Crippen LogP contribution in [0.1, 0.15) is 38.3 Å². The average molecular weight is 506 g/mol. The Morgan fingerprint density at radius 3 is 2.63 bits per heavy atom. The Hall–Kier alpha value is -2.99. The van der Waals surface area contributed by atoms with Crippen molar-refractivity contribution in [2.24, 2.45) is 7.05 Å². The fraction of sp³-hybridized carbons (Fsp3) is 0.478. The number of anilines is 1. The lowest BCUT2D eigenvalue weighted by atomic mass is 10.1. The summed E-state index contributed by atoms with van der Waals surface area (Å²) in [4.78, 5) is 15.7. The van der Waals surface area contributed by atoms with Crippen LogP contribution in [0.25, 0.3) is 32.4 Å². The number of aryl methyl sites for hydroxylation is 1. The van der Waals surface area contributed by atoms with Gasteiger partial charge in [-0.3, -0.25) is 4.68 Å². The van der Waals surface area contributed by atoms with Crippen molar-refractivity contribution >= 4 is 27.4 Å². The lowest BCUT2D eigenvalue weighted by molar-refractivity contribution is -0.135. The Morgan fingerprint density at radius 2 is 2.00 bits per heavy atom. The second-order valence-electron chi connectivity index (χ2n) is 8.94. The molecule has 1 aliphatic heterocycles. The van der Waals surface area contributed by atoms with E-state index in [0.29, 0.717) is 18.9 Å². The predicted molar refractivity (Wildman–Crippen MR) is 128 cm³/mol. The van der Waals surface area contributed by atoms with E-state index in [2.05, 4.69) is 20.1 Å². The van der Waals surface area contributed by atoms with E-state index < -0.39 is 11.7 Å². The van der Waals surface area contributed by atoms with E-state index >= 15 is 0 Å². The Labute approximate surface area is 204 Å². The molecule has 0 saturated carbocycles. The van der Waals surface area contributed by atoms with Crippen LogP contribution in [-0.2, 0) is 18.0 Å². The van der Waals surface area contributed by atoms with Crippen molar-refractivity contribution in [1.29, 1.82) is 0 Å². The van der Waals surface area contributed by atoms with Crippen molar-refractivity contribution in [1.82, 2.24) is 29.3 Å². The maximum atomic E-state index is 14.6. The van der Waals surface area contributed by atoms with Gasteiger partial charge in [-0.25, -0.2) is 15.0 Å². The van der Waals surface area contributed by atoms with Crippen LogP contribution in [0.3, 0.4) is 0 Å². The third kappa shape index (κ3) is 4.29. The molecule has 4 aromatic heterocycles. The second kappa shape index (κ2) is 8.90. The van der Waals surface area contributed by atoms with Crippen molar-refractivity contribution in [3.05, 3.63) is 30.2 Å². The van der Waals surface area contributed by atoms with Gasteiger partial charge in [0, 0.05) is 51.9 Å². The van der Waals surface area contributed by atoms with Gasteiger partial charge in [-0.05, 0) is 32.8 Å². The summed E-state index contributed by atoms with van der Waals surface area (Å²) in [5.41, 5.74) is -0.473. The first-order valence-electron chi connectivity index (χ1n) is 11.4. The molecule has 12 heteroatoms. The Morgan fingerprint density at radius 1 is 1.20 bits per heavy atom. The molecule has 0 amide bonds.